The van der Waals surface area contributed by atoms with Crippen molar-refractivity contribution in [3.63, 3.8) is 0 Å². The van der Waals surface area contributed by atoms with Gasteiger partial charge in [-0.1, -0.05) is 12.1 Å². The molecule has 21 heavy (non-hydrogen) atoms. The number of aliphatic hydroxyl groups excluding tert-OH is 1. The summed E-state index contributed by atoms with van der Waals surface area (Å²) in [4.78, 5) is 0. The van der Waals surface area contributed by atoms with Gasteiger partial charge in [-0.05, 0) is 31.5 Å². The lowest BCUT2D eigenvalue weighted by molar-refractivity contribution is 0.174. The van der Waals surface area contributed by atoms with Crippen LogP contribution in [0.3, 0.4) is 0 Å². The normalized spacial score (nSPS) is 12.4. The largest absolute Gasteiger partial charge is 0.497 e. The number of aryl methyl sites for hydroxylation is 2. The van der Waals surface area contributed by atoms with E-state index < -0.39 is 6.10 Å². The molecule has 1 atom stereocenters. The number of nitrogens with one attached hydrogen (secondary N) is 1. The van der Waals surface area contributed by atoms with Gasteiger partial charge in [0.1, 0.15) is 5.75 Å². The molecule has 0 radical (unpaired) electrons. The highest BCUT2D eigenvalue weighted by molar-refractivity contribution is 5.30. The minimum Gasteiger partial charge on any atom is -0.497 e. The number of hydrogen-bond acceptors (Lipinski definition) is 4. The fraction of sp³-hybridized carbons (Fsp3) is 0.438. The lowest BCUT2D eigenvalue weighted by atomic mass is 10.1. The molecule has 2 N–H and O–H groups in total. The molecule has 0 bridgehead atoms. The van der Waals surface area contributed by atoms with Crippen LogP contribution in [0, 0.1) is 13.8 Å². The van der Waals surface area contributed by atoms with E-state index in [0.717, 1.165) is 22.7 Å². The molecule has 2 rings (SSSR count). The summed E-state index contributed by atoms with van der Waals surface area (Å²) in [7, 11) is 3.56. The van der Waals surface area contributed by atoms with E-state index in [2.05, 4.69) is 17.3 Å². The summed E-state index contributed by atoms with van der Waals surface area (Å²) in [5.41, 5.74) is 4.21. The third kappa shape index (κ3) is 3.62. The van der Waals surface area contributed by atoms with Crippen LogP contribution in [0.4, 0.5) is 0 Å². The molecule has 1 aromatic heterocycles. The van der Waals surface area contributed by atoms with Gasteiger partial charge in [-0.25, -0.2) is 0 Å². The number of hydrogen-bond donors (Lipinski definition) is 2. The smallest absolute Gasteiger partial charge is 0.119 e. The number of nitrogens with zero attached hydrogens (tertiary/aromatic N) is 2. The molecular formula is C16H23N3O2. The van der Waals surface area contributed by atoms with Gasteiger partial charge in [0.15, 0.2) is 0 Å². The maximum Gasteiger partial charge on any atom is 0.119 e. The topological polar surface area (TPSA) is 59.3 Å². The molecule has 0 aliphatic heterocycles. The Morgan fingerprint density at radius 3 is 2.76 bits per heavy atom. The molecule has 1 unspecified atom stereocenters. The maximum atomic E-state index is 10.2. The van der Waals surface area contributed by atoms with Crippen molar-refractivity contribution in [1.82, 2.24) is 15.1 Å². The molecule has 0 saturated carbocycles. The molecule has 0 aliphatic carbocycles. The predicted molar refractivity (Wildman–Crippen MR) is 82.3 cm³/mol. The Kier molecular flexibility index (Phi) is 4.98. The summed E-state index contributed by atoms with van der Waals surface area (Å²) in [6, 6.07) is 7.50. The fourth-order valence-electron chi connectivity index (χ4n) is 2.37. The van der Waals surface area contributed by atoms with Crippen molar-refractivity contribution in [2.45, 2.75) is 26.5 Å². The molecule has 0 amide bonds. The van der Waals surface area contributed by atoms with Crippen LogP contribution in [0.5, 0.6) is 5.75 Å². The zero-order valence-electron chi connectivity index (χ0n) is 13.1. The van der Waals surface area contributed by atoms with Gasteiger partial charge >= 0.3 is 0 Å². The van der Waals surface area contributed by atoms with Gasteiger partial charge in [0, 0.05) is 31.4 Å². The van der Waals surface area contributed by atoms with Crippen LogP contribution in [0.1, 0.15) is 28.6 Å². The van der Waals surface area contributed by atoms with Crippen LogP contribution in [-0.4, -0.2) is 28.5 Å². The van der Waals surface area contributed by atoms with Crippen LogP contribution < -0.4 is 10.1 Å². The monoisotopic (exact) mass is 289 g/mol. The predicted octanol–water partition coefficient (Wildman–Crippen LogP) is 1.87. The van der Waals surface area contributed by atoms with Gasteiger partial charge in [-0.2, -0.15) is 5.10 Å². The maximum absolute atomic E-state index is 10.2. The third-order valence-corrected chi connectivity index (χ3v) is 3.78. The number of aliphatic hydroxyl groups is 1. The molecule has 0 spiro atoms. The SMILES string of the molecule is COc1cccc(C(O)CNCc2c(C)nn(C)c2C)c1. The molecule has 114 valence electrons. The van der Waals surface area contributed by atoms with Crippen LogP contribution in [0.15, 0.2) is 24.3 Å². The zero-order chi connectivity index (χ0) is 15.4. The number of aromatic nitrogens is 2. The molecule has 0 saturated heterocycles. The Hall–Kier alpha value is -1.85. The summed E-state index contributed by atoms with van der Waals surface area (Å²) in [5.74, 6) is 0.755. The molecular weight excluding hydrogens is 266 g/mol. The van der Waals surface area contributed by atoms with E-state index >= 15 is 0 Å². The van der Waals surface area contributed by atoms with E-state index in [4.69, 9.17) is 4.74 Å². The highest BCUT2D eigenvalue weighted by atomic mass is 16.5. The van der Waals surface area contributed by atoms with E-state index in [1.807, 2.05) is 42.9 Å². The van der Waals surface area contributed by atoms with Crippen LogP contribution in [-0.2, 0) is 13.6 Å². The number of ether oxygens (including phenoxy) is 1. The van der Waals surface area contributed by atoms with Crippen molar-refractivity contribution in [2.75, 3.05) is 13.7 Å². The van der Waals surface area contributed by atoms with Crippen LogP contribution >= 0.6 is 0 Å². The summed E-state index contributed by atoms with van der Waals surface area (Å²) in [6.45, 7) is 5.24. The Balaban J connectivity index is 1.93. The van der Waals surface area contributed by atoms with Crippen molar-refractivity contribution in [3.05, 3.63) is 46.8 Å². The second kappa shape index (κ2) is 6.74. The first-order valence-corrected chi connectivity index (χ1v) is 7.04. The average molecular weight is 289 g/mol. The van der Waals surface area contributed by atoms with Crippen LogP contribution in [0.25, 0.3) is 0 Å². The van der Waals surface area contributed by atoms with Crippen molar-refractivity contribution >= 4 is 0 Å². The van der Waals surface area contributed by atoms with E-state index in [9.17, 15) is 5.11 Å². The first kappa shape index (κ1) is 15.5. The van der Waals surface area contributed by atoms with Crippen molar-refractivity contribution in [1.29, 1.82) is 0 Å². The quantitative estimate of drug-likeness (QED) is 0.852. The average Bonchev–Trinajstić information content (AvgIpc) is 2.73. The fourth-order valence-corrected chi connectivity index (χ4v) is 2.37. The van der Waals surface area contributed by atoms with Gasteiger partial charge in [-0.3, -0.25) is 4.68 Å². The van der Waals surface area contributed by atoms with Gasteiger partial charge < -0.3 is 15.2 Å². The lowest BCUT2D eigenvalue weighted by Gasteiger charge is -2.13. The molecule has 2 aromatic rings. The van der Waals surface area contributed by atoms with Crippen molar-refractivity contribution < 1.29 is 9.84 Å². The summed E-state index contributed by atoms with van der Waals surface area (Å²) >= 11 is 0. The van der Waals surface area contributed by atoms with Crippen molar-refractivity contribution in [3.8, 4) is 5.75 Å². The van der Waals surface area contributed by atoms with Gasteiger partial charge in [0.05, 0.1) is 18.9 Å². The second-order valence-corrected chi connectivity index (χ2v) is 5.20. The van der Waals surface area contributed by atoms with Gasteiger partial charge in [0.2, 0.25) is 0 Å². The Bertz CT molecular complexity index is 608. The zero-order valence-corrected chi connectivity index (χ0v) is 13.1. The molecule has 1 heterocycles. The molecule has 0 fully saturated rings. The van der Waals surface area contributed by atoms with E-state index in [-0.39, 0.29) is 0 Å². The standard InChI is InChI=1S/C16H23N3O2/c1-11-15(12(2)19(3)18-11)9-17-10-16(20)13-6-5-7-14(8-13)21-4/h5-8,16-17,20H,9-10H2,1-4H3. The van der Waals surface area contributed by atoms with E-state index in [0.29, 0.717) is 13.1 Å². The minimum absolute atomic E-state index is 0.487. The highest BCUT2D eigenvalue weighted by Crippen LogP contribution is 2.19. The molecule has 1 aromatic carbocycles. The second-order valence-electron chi connectivity index (χ2n) is 5.20. The number of benzene rings is 1. The molecule has 0 aliphatic rings. The highest BCUT2D eigenvalue weighted by Gasteiger charge is 2.11. The molecule has 5 heteroatoms. The summed E-state index contributed by atoms with van der Waals surface area (Å²) < 4.78 is 7.05. The first-order chi connectivity index (χ1) is 10.0. The van der Waals surface area contributed by atoms with E-state index in [1.165, 1.54) is 5.56 Å². The van der Waals surface area contributed by atoms with E-state index in [1.54, 1.807) is 7.11 Å². The Morgan fingerprint density at radius 2 is 2.14 bits per heavy atom. The third-order valence-electron chi connectivity index (χ3n) is 3.78. The lowest BCUT2D eigenvalue weighted by Crippen LogP contribution is -2.21. The van der Waals surface area contributed by atoms with Crippen LogP contribution in [0.2, 0.25) is 0 Å². The Morgan fingerprint density at radius 1 is 1.38 bits per heavy atom. The number of methoxy groups -OCH3 is 1. The molecule has 5 nitrogen and oxygen atoms in total. The Labute approximate surface area is 125 Å². The summed E-state index contributed by atoms with van der Waals surface area (Å²) in [5, 5.41) is 17.9. The number of rotatable bonds is 6. The minimum atomic E-state index is -0.558. The summed E-state index contributed by atoms with van der Waals surface area (Å²) in [6.07, 6.45) is -0.558. The first-order valence-electron chi connectivity index (χ1n) is 7.04. The van der Waals surface area contributed by atoms with Gasteiger partial charge in [-0.15, -0.1) is 0 Å². The van der Waals surface area contributed by atoms with Gasteiger partial charge in [0.25, 0.3) is 0 Å². The van der Waals surface area contributed by atoms with Crippen molar-refractivity contribution in [2.24, 2.45) is 7.05 Å².